The van der Waals surface area contributed by atoms with Gasteiger partial charge < -0.3 is 5.32 Å². The van der Waals surface area contributed by atoms with Gasteiger partial charge in [-0.1, -0.05) is 18.2 Å². The molecular weight excluding hydrogens is 203 g/mol. The number of nitrogens with zero attached hydrogens (tertiary/aromatic N) is 1. The predicted octanol–water partition coefficient (Wildman–Crippen LogP) is 2.39. The third-order valence-corrected chi connectivity index (χ3v) is 3.21. The van der Waals surface area contributed by atoms with E-state index in [4.69, 9.17) is 0 Å². The van der Waals surface area contributed by atoms with Gasteiger partial charge in [0.2, 0.25) is 0 Å². The van der Waals surface area contributed by atoms with Gasteiger partial charge in [-0.25, -0.2) is 4.39 Å². The van der Waals surface area contributed by atoms with Crippen LogP contribution in [0.1, 0.15) is 12.0 Å². The number of benzene rings is 1. The Morgan fingerprint density at radius 2 is 2.19 bits per heavy atom. The summed E-state index contributed by atoms with van der Waals surface area (Å²) in [7, 11) is 0. The van der Waals surface area contributed by atoms with Crippen LogP contribution >= 0.6 is 0 Å². The molecule has 1 aromatic carbocycles. The van der Waals surface area contributed by atoms with Crippen molar-refractivity contribution in [1.82, 2.24) is 10.3 Å². The van der Waals surface area contributed by atoms with Crippen LogP contribution in [0.15, 0.2) is 36.5 Å². The van der Waals surface area contributed by atoms with Gasteiger partial charge in [-0.3, -0.25) is 4.98 Å². The molecule has 1 aliphatic heterocycles. The molecule has 1 saturated heterocycles. The zero-order valence-electron chi connectivity index (χ0n) is 8.91. The van der Waals surface area contributed by atoms with Gasteiger partial charge in [-0.05, 0) is 25.1 Å². The normalized spacial score (nSPS) is 25.1. The van der Waals surface area contributed by atoms with Crippen LogP contribution in [0, 0.1) is 0 Å². The average Bonchev–Trinajstić information content (AvgIpc) is 2.77. The maximum atomic E-state index is 14.5. The van der Waals surface area contributed by atoms with Gasteiger partial charge in [0.1, 0.15) is 0 Å². The van der Waals surface area contributed by atoms with E-state index in [0.717, 1.165) is 17.4 Å². The fourth-order valence-corrected chi connectivity index (χ4v) is 2.22. The molecule has 0 spiro atoms. The van der Waals surface area contributed by atoms with Gasteiger partial charge in [0.25, 0.3) is 0 Å². The minimum atomic E-state index is -1.24. The Balaban J connectivity index is 2.11. The summed E-state index contributed by atoms with van der Waals surface area (Å²) in [5, 5.41) is 4.06. The standard InChI is InChI=1S/C13H13FN2/c14-13(5-6-15-9-13)11-7-10-3-1-2-4-12(10)16-8-11/h1-4,7-8,15H,5-6,9H2. The summed E-state index contributed by atoms with van der Waals surface area (Å²) in [6, 6.07) is 9.72. The van der Waals surface area contributed by atoms with E-state index >= 15 is 0 Å². The van der Waals surface area contributed by atoms with Crippen molar-refractivity contribution >= 4 is 10.9 Å². The molecule has 0 bridgehead atoms. The summed E-state index contributed by atoms with van der Waals surface area (Å²) in [5.74, 6) is 0. The van der Waals surface area contributed by atoms with E-state index in [2.05, 4.69) is 10.3 Å². The molecule has 16 heavy (non-hydrogen) atoms. The zero-order valence-corrected chi connectivity index (χ0v) is 8.91. The monoisotopic (exact) mass is 216 g/mol. The second kappa shape index (κ2) is 3.52. The number of hydrogen-bond acceptors (Lipinski definition) is 2. The molecule has 1 atom stereocenters. The van der Waals surface area contributed by atoms with Crippen molar-refractivity contribution in [2.45, 2.75) is 12.1 Å². The second-order valence-electron chi connectivity index (χ2n) is 4.31. The van der Waals surface area contributed by atoms with E-state index < -0.39 is 5.67 Å². The lowest BCUT2D eigenvalue weighted by molar-refractivity contribution is 0.193. The number of para-hydroxylation sites is 1. The van der Waals surface area contributed by atoms with Crippen LogP contribution < -0.4 is 5.32 Å². The van der Waals surface area contributed by atoms with Gasteiger partial charge in [0.05, 0.1) is 5.52 Å². The fourth-order valence-electron chi connectivity index (χ4n) is 2.22. The third kappa shape index (κ3) is 1.48. The largest absolute Gasteiger partial charge is 0.313 e. The van der Waals surface area contributed by atoms with Crippen LogP contribution in [0.5, 0.6) is 0 Å². The molecule has 82 valence electrons. The van der Waals surface area contributed by atoms with Crippen LogP contribution in [-0.4, -0.2) is 18.1 Å². The van der Waals surface area contributed by atoms with Crippen LogP contribution in [0.4, 0.5) is 4.39 Å². The predicted molar refractivity (Wildman–Crippen MR) is 62.0 cm³/mol. The Hall–Kier alpha value is -1.48. The van der Waals surface area contributed by atoms with Crippen molar-refractivity contribution in [1.29, 1.82) is 0 Å². The number of halogens is 1. The quantitative estimate of drug-likeness (QED) is 0.791. The van der Waals surface area contributed by atoms with E-state index in [9.17, 15) is 4.39 Å². The Labute approximate surface area is 93.5 Å². The Morgan fingerprint density at radius 1 is 1.31 bits per heavy atom. The molecule has 2 aromatic rings. The molecule has 1 aliphatic rings. The molecule has 0 saturated carbocycles. The molecule has 1 N–H and O–H groups in total. The highest BCUT2D eigenvalue weighted by molar-refractivity contribution is 5.78. The van der Waals surface area contributed by atoms with Gasteiger partial charge in [0.15, 0.2) is 5.67 Å². The van der Waals surface area contributed by atoms with Gasteiger partial charge >= 0.3 is 0 Å². The van der Waals surface area contributed by atoms with E-state index in [1.165, 1.54) is 0 Å². The number of hydrogen-bond donors (Lipinski definition) is 1. The third-order valence-electron chi connectivity index (χ3n) is 3.21. The maximum Gasteiger partial charge on any atom is 0.151 e. The lowest BCUT2D eigenvalue weighted by Crippen LogP contribution is -2.23. The van der Waals surface area contributed by atoms with Crippen molar-refractivity contribution < 1.29 is 4.39 Å². The molecule has 1 unspecified atom stereocenters. The highest BCUT2D eigenvalue weighted by Crippen LogP contribution is 2.32. The van der Waals surface area contributed by atoms with E-state index in [-0.39, 0.29) is 0 Å². The molecule has 3 heteroatoms. The van der Waals surface area contributed by atoms with Crippen molar-refractivity contribution in [3.05, 3.63) is 42.1 Å². The van der Waals surface area contributed by atoms with Crippen molar-refractivity contribution in [2.75, 3.05) is 13.1 Å². The lowest BCUT2D eigenvalue weighted by Gasteiger charge is -2.18. The Morgan fingerprint density at radius 3 is 3.00 bits per heavy atom. The molecule has 1 aromatic heterocycles. The molecule has 2 heterocycles. The highest BCUT2D eigenvalue weighted by Gasteiger charge is 2.35. The highest BCUT2D eigenvalue weighted by atomic mass is 19.1. The van der Waals surface area contributed by atoms with Crippen LogP contribution in [-0.2, 0) is 5.67 Å². The van der Waals surface area contributed by atoms with Gasteiger partial charge in [0, 0.05) is 23.7 Å². The first-order valence-electron chi connectivity index (χ1n) is 5.53. The number of pyridine rings is 1. The summed E-state index contributed by atoms with van der Waals surface area (Å²) >= 11 is 0. The molecular formula is C13H13FN2. The SMILES string of the molecule is FC1(c2cnc3ccccc3c2)CCNC1. The molecule has 2 nitrogen and oxygen atoms in total. The Kier molecular flexibility index (Phi) is 2.14. The zero-order chi connectivity index (χ0) is 11.0. The molecule has 0 aliphatic carbocycles. The van der Waals surface area contributed by atoms with Crippen molar-refractivity contribution in [3.8, 4) is 0 Å². The number of rotatable bonds is 1. The number of alkyl halides is 1. The summed E-state index contributed by atoms with van der Waals surface area (Å²) in [6.45, 7) is 1.14. The molecule has 0 radical (unpaired) electrons. The minimum Gasteiger partial charge on any atom is -0.313 e. The first-order chi connectivity index (χ1) is 7.78. The van der Waals surface area contributed by atoms with Gasteiger partial charge in [-0.2, -0.15) is 0 Å². The second-order valence-corrected chi connectivity index (χ2v) is 4.31. The first-order valence-corrected chi connectivity index (χ1v) is 5.53. The number of aromatic nitrogens is 1. The molecule has 0 amide bonds. The number of fused-ring (bicyclic) bond motifs is 1. The molecule has 3 rings (SSSR count). The van der Waals surface area contributed by atoms with E-state index in [0.29, 0.717) is 18.5 Å². The smallest absolute Gasteiger partial charge is 0.151 e. The lowest BCUT2D eigenvalue weighted by atomic mass is 9.95. The summed E-state index contributed by atoms with van der Waals surface area (Å²) in [4.78, 5) is 4.30. The molecule has 1 fully saturated rings. The van der Waals surface area contributed by atoms with Crippen LogP contribution in [0.2, 0.25) is 0 Å². The topological polar surface area (TPSA) is 24.9 Å². The van der Waals surface area contributed by atoms with E-state index in [1.807, 2.05) is 30.3 Å². The summed E-state index contributed by atoms with van der Waals surface area (Å²) in [6.07, 6.45) is 2.20. The first kappa shape index (κ1) is 9.73. The minimum absolute atomic E-state index is 0.396. The Bertz CT molecular complexity index is 518. The van der Waals surface area contributed by atoms with E-state index in [1.54, 1.807) is 6.20 Å². The summed E-state index contributed by atoms with van der Waals surface area (Å²) in [5.41, 5.74) is 0.369. The number of nitrogens with one attached hydrogen (secondary N) is 1. The summed E-state index contributed by atoms with van der Waals surface area (Å²) < 4.78 is 14.5. The van der Waals surface area contributed by atoms with Crippen LogP contribution in [0.3, 0.4) is 0 Å². The fraction of sp³-hybridized carbons (Fsp3) is 0.308. The van der Waals surface area contributed by atoms with Crippen molar-refractivity contribution in [3.63, 3.8) is 0 Å². The maximum absolute atomic E-state index is 14.5. The average molecular weight is 216 g/mol. The van der Waals surface area contributed by atoms with Crippen molar-refractivity contribution in [2.24, 2.45) is 0 Å². The van der Waals surface area contributed by atoms with Gasteiger partial charge in [-0.15, -0.1) is 0 Å². The van der Waals surface area contributed by atoms with Crippen LogP contribution in [0.25, 0.3) is 10.9 Å².